The van der Waals surface area contributed by atoms with Crippen LogP contribution in [0.15, 0.2) is 36.8 Å². The quantitative estimate of drug-likeness (QED) is 0.571. The first-order valence-corrected chi connectivity index (χ1v) is 4.31. The van der Waals surface area contributed by atoms with E-state index in [1.54, 1.807) is 22.9 Å². The predicted molar refractivity (Wildman–Crippen MR) is 54.5 cm³/mol. The van der Waals surface area contributed by atoms with Crippen LogP contribution in [0.4, 0.5) is 4.39 Å². The molecular formula is C10H9FN4. The number of halogens is 1. The van der Waals surface area contributed by atoms with Gasteiger partial charge in [-0.25, -0.2) is 9.37 Å². The average Bonchev–Trinajstić information content (AvgIpc) is 2.66. The molecule has 4 nitrogen and oxygen atoms in total. The van der Waals surface area contributed by atoms with E-state index in [0.717, 1.165) is 0 Å². The van der Waals surface area contributed by atoms with Gasteiger partial charge in [-0.1, -0.05) is 6.07 Å². The third-order valence-electron chi connectivity index (χ3n) is 1.96. The summed E-state index contributed by atoms with van der Waals surface area (Å²) in [6.45, 7) is 0. The number of amidine groups is 1. The number of hydrogen-bond donors (Lipinski definition) is 2. The summed E-state index contributed by atoms with van der Waals surface area (Å²) in [7, 11) is 0. The molecule has 0 bridgehead atoms. The number of nitrogen functional groups attached to an aromatic ring is 1. The van der Waals surface area contributed by atoms with Gasteiger partial charge in [0.2, 0.25) is 0 Å². The summed E-state index contributed by atoms with van der Waals surface area (Å²) in [5.41, 5.74) is 6.29. The number of nitrogens with zero attached hydrogens (tertiary/aromatic N) is 2. The maximum absolute atomic E-state index is 12.9. The van der Waals surface area contributed by atoms with Crippen molar-refractivity contribution in [3.8, 4) is 5.69 Å². The van der Waals surface area contributed by atoms with Crippen molar-refractivity contribution in [1.82, 2.24) is 9.55 Å². The molecule has 76 valence electrons. The molecule has 0 aliphatic rings. The van der Waals surface area contributed by atoms with Gasteiger partial charge in [-0.2, -0.15) is 0 Å². The van der Waals surface area contributed by atoms with Crippen molar-refractivity contribution in [2.45, 2.75) is 0 Å². The van der Waals surface area contributed by atoms with Crippen molar-refractivity contribution < 1.29 is 4.39 Å². The van der Waals surface area contributed by atoms with Crippen LogP contribution in [0.1, 0.15) is 5.69 Å². The molecule has 0 unspecified atom stereocenters. The highest BCUT2D eigenvalue weighted by atomic mass is 19.1. The Bertz CT molecular complexity index is 504. The largest absolute Gasteiger partial charge is 0.382 e. The Hall–Kier alpha value is -2.17. The molecule has 1 aromatic heterocycles. The summed E-state index contributed by atoms with van der Waals surface area (Å²) >= 11 is 0. The predicted octanol–water partition coefficient (Wildman–Crippen LogP) is 1.30. The van der Waals surface area contributed by atoms with Gasteiger partial charge in [-0.15, -0.1) is 0 Å². The van der Waals surface area contributed by atoms with Gasteiger partial charge < -0.3 is 10.3 Å². The van der Waals surface area contributed by atoms with Gasteiger partial charge in [0.1, 0.15) is 23.7 Å². The molecule has 5 heteroatoms. The fraction of sp³-hybridized carbons (Fsp3) is 0. The molecule has 0 saturated carbocycles. The van der Waals surface area contributed by atoms with E-state index in [1.165, 1.54) is 18.5 Å². The Morgan fingerprint density at radius 2 is 2.27 bits per heavy atom. The number of nitrogens with one attached hydrogen (secondary N) is 1. The van der Waals surface area contributed by atoms with Crippen molar-refractivity contribution in [2.75, 3.05) is 0 Å². The lowest BCUT2D eigenvalue weighted by Crippen LogP contribution is -2.11. The SMILES string of the molecule is N=C(N)c1cn(-c2cccc(F)c2)cn1. The molecule has 0 fully saturated rings. The van der Waals surface area contributed by atoms with Crippen LogP contribution in [0, 0.1) is 11.2 Å². The molecule has 2 rings (SSSR count). The minimum absolute atomic E-state index is 0.106. The molecular weight excluding hydrogens is 195 g/mol. The van der Waals surface area contributed by atoms with Gasteiger partial charge in [-0.3, -0.25) is 5.41 Å². The first-order chi connectivity index (χ1) is 7.16. The topological polar surface area (TPSA) is 67.7 Å². The molecule has 0 radical (unpaired) electrons. The zero-order valence-electron chi connectivity index (χ0n) is 7.81. The molecule has 15 heavy (non-hydrogen) atoms. The van der Waals surface area contributed by atoms with Crippen LogP contribution >= 0.6 is 0 Å². The summed E-state index contributed by atoms with van der Waals surface area (Å²) < 4.78 is 14.5. The fourth-order valence-corrected chi connectivity index (χ4v) is 1.24. The van der Waals surface area contributed by atoms with Crippen LogP contribution < -0.4 is 5.73 Å². The lowest BCUT2D eigenvalue weighted by Gasteiger charge is -2.00. The molecule has 2 aromatic rings. The van der Waals surface area contributed by atoms with Gasteiger partial charge in [0.25, 0.3) is 0 Å². The fourth-order valence-electron chi connectivity index (χ4n) is 1.24. The maximum atomic E-state index is 12.9. The van der Waals surface area contributed by atoms with Gasteiger partial charge in [0.05, 0.1) is 0 Å². The van der Waals surface area contributed by atoms with E-state index in [0.29, 0.717) is 11.4 Å². The van der Waals surface area contributed by atoms with E-state index in [9.17, 15) is 4.39 Å². The first kappa shape index (κ1) is 9.39. The average molecular weight is 204 g/mol. The second-order valence-electron chi connectivity index (χ2n) is 3.06. The van der Waals surface area contributed by atoms with E-state index >= 15 is 0 Å². The third-order valence-corrected chi connectivity index (χ3v) is 1.96. The lowest BCUT2D eigenvalue weighted by atomic mass is 10.3. The Balaban J connectivity index is 2.41. The minimum Gasteiger partial charge on any atom is -0.382 e. The van der Waals surface area contributed by atoms with Crippen LogP contribution in [-0.4, -0.2) is 15.4 Å². The monoisotopic (exact) mass is 204 g/mol. The van der Waals surface area contributed by atoms with Gasteiger partial charge in [0.15, 0.2) is 0 Å². The Morgan fingerprint density at radius 3 is 2.87 bits per heavy atom. The van der Waals surface area contributed by atoms with Crippen molar-refractivity contribution >= 4 is 5.84 Å². The highest BCUT2D eigenvalue weighted by Gasteiger charge is 2.03. The van der Waals surface area contributed by atoms with Crippen LogP contribution in [0.25, 0.3) is 5.69 Å². The zero-order chi connectivity index (χ0) is 10.8. The molecule has 1 heterocycles. The number of aromatic nitrogens is 2. The van der Waals surface area contributed by atoms with Crippen LogP contribution in [0.2, 0.25) is 0 Å². The highest BCUT2D eigenvalue weighted by molar-refractivity contribution is 5.92. The van der Waals surface area contributed by atoms with E-state index in [1.807, 2.05) is 0 Å². The van der Waals surface area contributed by atoms with Crippen molar-refractivity contribution in [3.05, 3.63) is 48.3 Å². The highest BCUT2D eigenvalue weighted by Crippen LogP contribution is 2.10. The Morgan fingerprint density at radius 1 is 1.47 bits per heavy atom. The number of hydrogen-bond acceptors (Lipinski definition) is 2. The maximum Gasteiger partial charge on any atom is 0.143 e. The molecule has 3 N–H and O–H groups in total. The molecule has 1 aromatic carbocycles. The van der Waals surface area contributed by atoms with Crippen molar-refractivity contribution in [2.24, 2.45) is 5.73 Å². The summed E-state index contributed by atoms with van der Waals surface area (Å²) in [5, 5.41) is 7.18. The summed E-state index contributed by atoms with van der Waals surface area (Å²) in [6, 6.07) is 6.10. The van der Waals surface area contributed by atoms with Crippen LogP contribution in [0.5, 0.6) is 0 Å². The van der Waals surface area contributed by atoms with E-state index in [4.69, 9.17) is 11.1 Å². The number of nitrogens with two attached hydrogens (primary N) is 1. The zero-order valence-corrected chi connectivity index (χ0v) is 7.81. The molecule has 0 spiro atoms. The summed E-state index contributed by atoms with van der Waals surface area (Å²) in [6.07, 6.45) is 3.07. The van der Waals surface area contributed by atoms with Gasteiger partial charge in [0, 0.05) is 11.9 Å². The van der Waals surface area contributed by atoms with E-state index in [2.05, 4.69) is 4.98 Å². The molecule has 0 atom stereocenters. The van der Waals surface area contributed by atoms with Crippen molar-refractivity contribution in [1.29, 1.82) is 5.41 Å². The van der Waals surface area contributed by atoms with Crippen molar-refractivity contribution in [3.63, 3.8) is 0 Å². The molecule has 0 aliphatic heterocycles. The Labute approximate surface area is 85.7 Å². The standard InChI is InChI=1S/C10H9FN4/c11-7-2-1-3-8(4-7)15-5-9(10(12)13)14-6-15/h1-6H,(H3,12,13). The summed E-state index contributed by atoms with van der Waals surface area (Å²) in [5.74, 6) is -0.421. The number of imidazole rings is 1. The van der Waals surface area contributed by atoms with Crippen LogP contribution in [0.3, 0.4) is 0 Å². The number of rotatable bonds is 2. The van der Waals surface area contributed by atoms with Crippen LogP contribution in [-0.2, 0) is 0 Å². The van der Waals surface area contributed by atoms with Gasteiger partial charge in [-0.05, 0) is 18.2 Å². The minimum atomic E-state index is -0.314. The molecule has 0 amide bonds. The normalized spacial score (nSPS) is 10.2. The molecule has 0 aliphatic carbocycles. The smallest absolute Gasteiger partial charge is 0.143 e. The third kappa shape index (κ3) is 1.85. The van der Waals surface area contributed by atoms with E-state index in [-0.39, 0.29) is 11.7 Å². The molecule has 0 saturated heterocycles. The van der Waals surface area contributed by atoms with Gasteiger partial charge >= 0.3 is 0 Å². The lowest BCUT2D eigenvalue weighted by molar-refractivity contribution is 0.626. The van der Waals surface area contributed by atoms with E-state index < -0.39 is 0 Å². The first-order valence-electron chi connectivity index (χ1n) is 4.31. The summed E-state index contributed by atoms with van der Waals surface area (Å²) in [4.78, 5) is 3.91. The second-order valence-corrected chi connectivity index (χ2v) is 3.06. The Kier molecular flexibility index (Phi) is 2.21. The number of benzene rings is 1. The second kappa shape index (κ2) is 3.53.